The molecule has 0 radical (unpaired) electrons. The maximum absolute atomic E-state index is 13.1. The molecular formula is C25H21NO5. The summed E-state index contributed by atoms with van der Waals surface area (Å²) in [5.74, 6) is -2.14. The molecule has 2 bridgehead atoms. The van der Waals surface area contributed by atoms with Crippen molar-refractivity contribution in [2.45, 2.75) is 19.4 Å². The number of nitrogens with zero attached hydrogens (tertiary/aromatic N) is 1. The first-order valence-corrected chi connectivity index (χ1v) is 10.4. The standard InChI is InChI=1S/C25H21NO5/c1-14(22(27)15-7-3-2-4-8-15)31-25(30)18-9-5-6-10-19(18)26-23(28)20-16-11-12-17(13-16)21(20)24(26)29/h2-12,14,16-17,20-21H,13H2,1H3/t14-,16-,17-,20-,21-/m0/s1. The number of Topliss-reactive ketones (excluding diaryl/α,β-unsaturated/α-hetero) is 1. The molecule has 0 aromatic heterocycles. The number of hydrogen-bond donors (Lipinski definition) is 0. The topological polar surface area (TPSA) is 80.8 Å². The highest BCUT2D eigenvalue weighted by molar-refractivity contribution is 6.24. The Morgan fingerprint density at radius 2 is 1.48 bits per heavy atom. The Hall–Kier alpha value is -3.54. The van der Waals surface area contributed by atoms with Gasteiger partial charge in [0.1, 0.15) is 0 Å². The Morgan fingerprint density at radius 3 is 2.13 bits per heavy atom. The second kappa shape index (κ2) is 7.30. The van der Waals surface area contributed by atoms with Gasteiger partial charge in [-0.25, -0.2) is 9.69 Å². The lowest BCUT2D eigenvalue weighted by Gasteiger charge is -2.20. The molecule has 1 aliphatic heterocycles. The van der Waals surface area contributed by atoms with Crippen LogP contribution in [0.5, 0.6) is 0 Å². The molecule has 0 N–H and O–H groups in total. The summed E-state index contributed by atoms with van der Waals surface area (Å²) in [6.07, 6.45) is 3.88. The number of esters is 1. The molecule has 1 heterocycles. The zero-order valence-corrected chi connectivity index (χ0v) is 16.9. The van der Waals surface area contributed by atoms with Gasteiger partial charge in [0.15, 0.2) is 6.10 Å². The van der Waals surface area contributed by atoms with Crippen LogP contribution in [0.25, 0.3) is 0 Å². The second-order valence-corrected chi connectivity index (χ2v) is 8.31. The van der Waals surface area contributed by atoms with Crippen molar-refractivity contribution in [3.05, 3.63) is 77.9 Å². The van der Waals surface area contributed by atoms with E-state index in [0.29, 0.717) is 5.56 Å². The molecule has 31 heavy (non-hydrogen) atoms. The third-order valence-corrected chi connectivity index (χ3v) is 6.55. The molecule has 156 valence electrons. The van der Waals surface area contributed by atoms with Crippen LogP contribution in [0.4, 0.5) is 5.69 Å². The van der Waals surface area contributed by atoms with E-state index in [4.69, 9.17) is 4.74 Å². The third-order valence-electron chi connectivity index (χ3n) is 6.55. The Kier molecular flexibility index (Phi) is 4.58. The first-order chi connectivity index (χ1) is 15.0. The fraction of sp³-hybridized carbons (Fsp3) is 0.280. The van der Waals surface area contributed by atoms with Crippen LogP contribution in [0.3, 0.4) is 0 Å². The van der Waals surface area contributed by atoms with E-state index < -0.39 is 12.1 Å². The van der Waals surface area contributed by atoms with Gasteiger partial charge in [-0.1, -0.05) is 54.6 Å². The number of imide groups is 1. The Morgan fingerprint density at radius 1 is 0.903 bits per heavy atom. The maximum atomic E-state index is 13.1. The fourth-order valence-electron chi connectivity index (χ4n) is 5.10. The van der Waals surface area contributed by atoms with Gasteiger partial charge >= 0.3 is 5.97 Å². The van der Waals surface area contributed by atoms with Crippen molar-refractivity contribution in [2.24, 2.45) is 23.7 Å². The molecule has 2 aromatic rings. The molecule has 5 atom stereocenters. The van der Waals surface area contributed by atoms with Crippen LogP contribution in [-0.2, 0) is 14.3 Å². The van der Waals surface area contributed by atoms with Crippen molar-refractivity contribution in [1.29, 1.82) is 0 Å². The van der Waals surface area contributed by atoms with Crippen LogP contribution < -0.4 is 4.90 Å². The number of anilines is 1. The van der Waals surface area contributed by atoms with Crippen molar-refractivity contribution in [3.63, 3.8) is 0 Å². The number of carbonyl (C=O) groups is 4. The van der Waals surface area contributed by atoms with Crippen LogP contribution in [0.1, 0.15) is 34.1 Å². The highest BCUT2D eigenvalue weighted by Crippen LogP contribution is 2.53. The number of rotatable bonds is 5. The van der Waals surface area contributed by atoms with Crippen LogP contribution in [0.15, 0.2) is 66.7 Å². The number of ketones is 1. The Bertz CT molecular complexity index is 1090. The maximum Gasteiger partial charge on any atom is 0.340 e. The number of para-hydroxylation sites is 1. The number of carbonyl (C=O) groups excluding carboxylic acids is 4. The van der Waals surface area contributed by atoms with Gasteiger partial charge in [-0.15, -0.1) is 0 Å². The van der Waals surface area contributed by atoms with Gasteiger partial charge in [-0.3, -0.25) is 14.4 Å². The number of hydrogen-bond acceptors (Lipinski definition) is 5. The predicted octanol–water partition coefficient (Wildman–Crippen LogP) is 3.43. The quantitative estimate of drug-likeness (QED) is 0.324. The number of fused-ring (bicyclic) bond motifs is 5. The van der Waals surface area contributed by atoms with Crippen molar-refractivity contribution < 1.29 is 23.9 Å². The lowest BCUT2D eigenvalue weighted by Crippen LogP contribution is -2.34. The molecule has 2 fully saturated rings. The largest absolute Gasteiger partial charge is 0.451 e. The van der Waals surface area contributed by atoms with E-state index in [2.05, 4.69) is 0 Å². The summed E-state index contributed by atoms with van der Waals surface area (Å²) in [5, 5.41) is 0. The van der Waals surface area contributed by atoms with E-state index in [0.717, 1.165) is 11.3 Å². The van der Waals surface area contributed by atoms with Crippen molar-refractivity contribution in [1.82, 2.24) is 0 Å². The van der Waals surface area contributed by atoms with E-state index >= 15 is 0 Å². The summed E-state index contributed by atoms with van der Waals surface area (Å²) in [6, 6.07) is 15.0. The first kappa shape index (κ1) is 19.4. The number of amides is 2. The minimum atomic E-state index is -1.01. The predicted molar refractivity (Wildman–Crippen MR) is 112 cm³/mol. The van der Waals surface area contributed by atoms with Gasteiger partial charge in [0.05, 0.1) is 23.1 Å². The first-order valence-electron chi connectivity index (χ1n) is 10.4. The summed E-state index contributed by atoms with van der Waals surface area (Å²) in [4.78, 5) is 52.9. The average molecular weight is 415 g/mol. The molecule has 6 nitrogen and oxygen atoms in total. The molecule has 0 unspecified atom stereocenters. The van der Waals surface area contributed by atoms with Crippen molar-refractivity contribution in [2.75, 3.05) is 4.90 Å². The normalized spacial score (nSPS) is 26.8. The van der Waals surface area contributed by atoms with Gasteiger partial charge in [-0.2, -0.15) is 0 Å². The Labute approximate surface area is 179 Å². The SMILES string of the molecule is C[C@H](OC(=O)c1ccccc1N1C(=O)[C@@H]2[C@@H](C1=O)[C@H]1C=C[C@H]2C1)C(=O)c1ccccc1. The zero-order valence-electron chi connectivity index (χ0n) is 16.9. The third kappa shape index (κ3) is 3.02. The zero-order chi connectivity index (χ0) is 21.7. The molecule has 6 heteroatoms. The molecule has 1 saturated heterocycles. The van der Waals surface area contributed by atoms with Gasteiger partial charge in [0.25, 0.3) is 0 Å². The number of ether oxygens (including phenoxy) is 1. The molecule has 5 rings (SSSR count). The lowest BCUT2D eigenvalue weighted by molar-refractivity contribution is -0.123. The van der Waals surface area contributed by atoms with Crippen LogP contribution >= 0.6 is 0 Å². The van der Waals surface area contributed by atoms with Crippen LogP contribution in [0.2, 0.25) is 0 Å². The van der Waals surface area contributed by atoms with Gasteiger partial charge < -0.3 is 4.74 Å². The molecule has 2 aromatic carbocycles. The van der Waals surface area contributed by atoms with Gasteiger partial charge in [0, 0.05) is 5.56 Å². The minimum absolute atomic E-state index is 0.0825. The highest BCUT2D eigenvalue weighted by atomic mass is 16.5. The smallest absolute Gasteiger partial charge is 0.340 e. The summed E-state index contributed by atoms with van der Waals surface area (Å²) in [7, 11) is 0. The van der Waals surface area contributed by atoms with E-state index in [1.54, 1.807) is 48.5 Å². The molecule has 2 aliphatic carbocycles. The van der Waals surface area contributed by atoms with Gasteiger partial charge in [-0.05, 0) is 37.3 Å². The summed E-state index contributed by atoms with van der Waals surface area (Å²) in [5.41, 5.74) is 0.754. The molecule has 2 amide bonds. The highest BCUT2D eigenvalue weighted by Gasteiger charge is 2.59. The summed E-state index contributed by atoms with van der Waals surface area (Å²) in [6.45, 7) is 1.51. The molecular weight excluding hydrogens is 394 g/mol. The number of allylic oxidation sites excluding steroid dienone is 2. The van der Waals surface area contributed by atoms with E-state index in [9.17, 15) is 19.2 Å². The lowest BCUT2D eigenvalue weighted by atomic mass is 9.85. The van der Waals surface area contributed by atoms with Crippen molar-refractivity contribution in [3.8, 4) is 0 Å². The van der Waals surface area contributed by atoms with Gasteiger partial charge in [0.2, 0.25) is 17.6 Å². The van der Waals surface area contributed by atoms with Crippen LogP contribution in [-0.4, -0.2) is 29.7 Å². The second-order valence-electron chi connectivity index (χ2n) is 8.31. The Balaban J connectivity index is 1.40. The molecule has 3 aliphatic rings. The average Bonchev–Trinajstić information content (AvgIpc) is 3.47. The fourth-order valence-corrected chi connectivity index (χ4v) is 5.10. The minimum Gasteiger partial charge on any atom is -0.451 e. The van der Waals surface area contributed by atoms with Crippen molar-refractivity contribution >= 4 is 29.3 Å². The molecule has 1 saturated carbocycles. The summed E-state index contributed by atoms with van der Waals surface area (Å²) >= 11 is 0. The number of benzene rings is 2. The molecule has 0 spiro atoms. The van der Waals surface area contributed by atoms with Crippen LogP contribution in [0, 0.1) is 23.7 Å². The summed E-state index contributed by atoms with van der Waals surface area (Å²) < 4.78 is 5.42. The van der Waals surface area contributed by atoms with E-state index in [-0.39, 0.29) is 52.5 Å². The van der Waals surface area contributed by atoms with E-state index in [1.165, 1.54) is 13.0 Å². The monoisotopic (exact) mass is 415 g/mol. The van der Waals surface area contributed by atoms with E-state index in [1.807, 2.05) is 12.2 Å².